The summed E-state index contributed by atoms with van der Waals surface area (Å²) >= 11 is 3.39. The van der Waals surface area contributed by atoms with E-state index in [-0.39, 0.29) is 5.91 Å². The molecule has 0 spiro atoms. The van der Waals surface area contributed by atoms with Crippen LogP contribution in [0, 0.1) is 0 Å². The minimum absolute atomic E-state index is 0.0181. The molecule has 1 aromatic heterocycles. The van der Waals surface area contributed by atoms with Gasteiger partial charge < -0.3 is 9.47 Å². The van der Waals surface area contributed by atoms with Crippen LogP contribution < -0.4 is 4.90 Å². The lowest BCUT2D eigenvalue weighted by molar-refractivity contribution is 0.0985. The van der Waals surface area contributed by atoms with Crippen LogP contribution in [0.5, 0.6) is 0 Å². The second kappa shape index (κ2) is 5.83. The fourth-order valence-corrected chi connectivity index (χ4v) is 2.63. The quantitative estimate of drug-likeness (QED) is 0.826. The Bertz CT molecular complexity index is 614. The Morgan fingerprint density at radius 2 is 1.85 bits per heavy atom. The largest absolute Gasteiger partial charge is 0.345 e. The Labute approximate surface area is 128 Å². The van der Waals surface area contributed by atoms with Crippen molar-refractivity contribution in [3.63, 3.8) is 0 Å². The highest BCUT2D eigenvalue weighted by atomic mass is 79.9. The minimum atomic E-state index is -0.0181. The first kappa shape index (κ1) is 14.9. The monoisotopic (exact) mass is 334 g/mol. The molecule has 3 nitrogen and oxygen atoms in total. The smallest absolute Gasteiger partial charge is 0.274 e. The van der Waals surface area contributed by atoms with Crippen LogP contribution in [0.4, 0.5) is 5.69 Å². The molecule has 0 aliphatic heterocycles. The number of hydrogen-bond acceptors (Lipinski definition) is 1. The van der Waals surface area contributed by atoms with E-state index < -0.39 is 0 Å². The van der Waals surface area contributed by atoms with Gasteiger partial charge in [-0.3, -0.25) is 4.79 Å². The van der Waals surface area contributed by atoms with Crippen molar-refractivity contribution < 1.29 is 4.79 Å². The third kappa shape index (κ3) is 2.96. The molecule has 106 valence electrons. The Kier molecular flexibility index (Phi) is 4.33. The lowest BCUT2D eigenvalue weighted by atomic mass is 10.0. The predicted octanol–water partition coefficient (Wildman–Crippen LogP) is 4.19. The zero-order chi connectivity index (χ0) is 14.9. The number of aryl methyl sites for hydroxylation is 1. The summed E-state index contributed by atoms with van der Waals surface area (Å²) in [6.07, 6.45) is 1.88. The van der Waals surface area contributed by atoms with Gasteiger partial charge in [0.15, 0.2) is 0 Å². The van der Waals surface area contributed by atoms with Gasteiger partial charge in [0.25, 0.3) is 5.91 Å². The van der Waals surface area contributed by atoms with Gasteiger partial charge in [0, 0.05) is 30.5 Å². The molecule has 1 amide bonds. The number of amides is 1. The van der Waals surface area contributed by atoms with Gasteiger partial charge in [0.2, 0.25) is 0 Å². The van der Waals surface area contributed by atoms with Gasteiger partial charge in [0.05, 0.1) is 0 Å². The van der Waals surface area contributed by atoms with Gasteiger partial charge in [-0.1, -0.05) is 26.0 Å². The summed E-state index contributed by atoms with van der Waals surface area (Å²) in [5.41, 5.74) is 2.83. The highest BCUT2D eigenvalue weighted by molar-refractivity contribution is 9.10. The molecule has 0 radical (unpaired) electrons. The van der Waals surface area contributed by atoms with Crippen molar-refractivity contribution in [1.82, 2.24) is 4.57 Å². The Balaban J connectivity index is 2.24. The molecule has 0 fully saturated rings. The topological polar surface area (TPSA) is 25.2 Å². The van der Waals surface area contributed by atoms with Crippen molar-refractivity contribution in [1.29, 1.82) is 0 Å². The first-order valence-electron chi connectivity index (χ1n) is 6.60. The van der Waals surface area contributed by atoms with E-state index in [1.54, 1.807) is 11.9 Å². The number of rotatable bonds is 3. The van der Waals surface area contributed by atoms with Crippen LogP contribution in [-0.2, 0) is 7.05 Å². The molecule has 2 aromatic rings. The van der Waals surface area contributed by atoms with Gasteiger partial charge in [0.1, 0.15) is 5.69 Å². The minimum Gasteiger partial charge on any atom is -0.345 e. The standard InChI is InChI=1S/C16H19BrN2O/c1-11(2)12-5-7-14(8-6-12)19(4)16(20)15-9-13(17)10-18(15)3/h5-11H,1-4H3. The average Bonchev–Trinajstić information content (AvgIpc) is 2.76. The summed E-state index contributed by atoms with van der Waals surface area (Å²) < 4.78 is 2.73. The van der Waals surface area contributed by atoms with Crippen molar-refractivity contribution in [3.05, 3.63) is 52.3 Å². The third-order valence-corrected chi connectivity index (χ3v) is 3.88. The molecule has 0 aliphatic carbocycles. The maximum atomic E-state index is 12.5. The van der Waals surface area contributed by atoms with Crippen LogP contribution in [-0.4, -0.2) is 17.5 Å². The highest BCUT2D eigenvalue weighted by Crippen LogP contribution is 2.22. The number of nitrogens with zero attached hydrogens (tertiary/aromatic N) is 2. The molecular weight excluding hydrogens is 316 g/mol. The zero-order valence-electron chi connectivity index (χ0n) is 12.2. The second-order valence-electron chi connectivity index (χ2n) is 5.26. The summed E-state index contributed by atoms with van der Waals surface area (Å²) in [6, 6.07) is 9.97. The first-order chi connectivity index (χ1) is 9.40. The number of carbonyl (C=O) groups is 1. The van der Waals surface area contributed by atoms with Crippen molar-refractivity contribution in [3.8, 4) is 0 Å². The number of carbonyl (C=O) groups excluding carboxylic acids is 1. The number of halogens is 1. The molecule has 0 saturated carbocycles. The van der Waals surface area contributed by atoms with E-state index >= 15 is 0 Å². The zero-order valence-corrected chi connectivity index (χ0v) is 13.8. The van der Waals surface area contributed by atoms with E-state index in [9.17, 15) is 4.79 Å². The Morgan fingerprint density at radius 3 is 2.30 bits per heavy atom. The van der Waals surface area contributed by atoms with Crippen LogP contribution in [0.2, 0.25) is 0 Å². The van der Waals surface area contributed by atoms with E-state index in [1.165, 1.54) is 5.56 Å². The van der Waals surface area contributed by atoms with Gasteiger partial charge in [-0.25, -0.2) is 0 Å². The SMILES string of the molecule is CC(C)c1ccc(N(C)C(=O)c2cc(Br)cn2C)cc1. The lowest BCUT2D eigenvalue weighted by Crippen LogP contribution is -2.27. The molecule has 0 N–H and O–H groups in total. The summed E-state index contributed by atoms with van der Waals surface area (Å²) in [5, 5.41) is 0. The molecule has 1 heterocycles. The molecule has 0 bridgehead atoms. The van der Waals surface area contributed by atoms with Crippen LogP contribution in [0.1, 0.15) is 35.8 Å². The Hall–Kier alpha value is -1.55. The lowest BCUT2D eigenvalue weighted by Gasteiger charge is -2.18. The van der Waals surface area contributed by atoms with E-state index in [0.29, 0.717) is 11.6 Å². The highest BCUT2D eigenvalue weighted by Gasteiger charge is 2.17. The molecule has 0 atom stereocenters. The number of benzene rings is 1. The van der Waals surface area contributed by atoms with Crippen molar-refractivity contribution in [2.45, 2.75) is 19.8 Å². The molecule has 4 heteroatoms. The van der Waals surface area contributed by atoms with Crippen LogP contribution in [0.3, 0.4) is 0 Å². The van der Waals surface area contributed by atoms with Crippen molar-refractivity contribution in [2.24, 2.45) is 7.05 Å². The summed E-state index contributed by atoms with van der Waals surface area (Å²) in [4.78, 5) is 14.2. The van der Waals surface area contributed by atoms with Crippen molar-refractivity contribution in [2.75, 3.05) is 11.9 Å². The average molecular weight is 335 g/mol. The molecule has 20 heavy (non-hydrogen) atoms. The van der Waals surface area contributed by atoms with Crippen LogP contribution in [0.25, 0.3) is 0 Å². The third-order valence-electron chi connectivity index (χ3n) is 3.44. The molecule has 2 rings (SSSR count). The summed E-state index contributed by atoms with van der Waals surface area (Å²) in [5.74, 6) is 0.476. The summed E-state index contributed by atoms with van der Waals surface area (Å²) in [7, 11) is 3.67. The van der Waals surface area contributed by atoms with Crippen LogP contribution >= 0.6 is 15.9 Å². The van der Waals surface area contributed by atoms with E-state index in [0.717, 1.165) is 10.2 Å². The first-order valence-corrected chi connectivity index (χ1v) is 7.39. The fourth-order valence-electron chi connectivity index (χ4n) is 2.11. The van der Waals surface area contributed by atoms with E-state index in [2.05, 4.69) is 41.9 Å². The maximum absolute atomic E-state index is 12.5. The number of aromatic nitrogens is 1. The van der Waals surface area contributed by atoms with Crippen molar-refractivity contribution >= 4 is 27.5 Å². The predicted molar refractivity (Wildman–Crippen MR) is 86.4 cm³/mol. The molecule has 0 unspecified atom stereocenters. The molecular formula is C16H19BrN2O. The van der Waals surface area contributed by atoms with Gasteiger partial charge in [-0.05, 0) is 45.6 Å². The fraction of sp³-hybridized carbons (Fsp3) is 0.312. The van der Waals surface area contributed by atoms with E-state index in [4.69, 9.17) is 0 Å². The van der Waals surface area contributed by atoms with Crippen LogP contribution in [0.15, 0.2) is 41.0 Å². The van der Waals surface area contributed by atoms with Gasteiger partial charge in [-0.15, -0.1) is 0 Å². The normalized spacial score (nSPS) is 10.9. The van der Waals surface area contributed by atoms with E-state index in [1.807, 2.05) is 36.0 Å². The summed E-state index contributed by atoms with van der Waals surface area (Å²) in [6.45, 7) is 4.32. The maximum Gasteiger partial charge on any atom is 0.274 e. The molecule has 1 aromatic carbocycles. The number of anilines is 1. The van der Waals surface area contributed by atoms with Gasteiger partial charge in [-0.2, -0.15) is 0 Å². The molecule has 0 saturated heterocycles. The molecule has 0 aliphatic rings. The van der Waals surface area contributed by atoms with Gasteiger partial charge >= 0.3 is 0 Å². The Morgan fingerprint density at radius 1 is 1.25 bits per heavy atom. The second-order valence-corrected chi connectivity index (χ2v) is 6.18. The number of hydrogen-bond donors (Lipinski definition) is 0.